The molecule has 1 rings (SSSR count). The van der Waals surface area contributed by atoms with E-state index in [0.717, 1.165) is 12.1 Å². The molecule has 2 N–H and O–H groups in total. The van der Waals surface area contributed by atoms with Gasteiger partial charge in [-0.2, -0.15) is 12.6 Å². The maximum Gasteiger partial charge on any atom is 0.247 e. The summed E-state index contributed by atoms with van der Waals surface area (Å²) < 4.78 is 25.6. The van der Waals surface area contributed by atoms with Crippen molar-refractivity contribution in [3.05, 3.63) is 29.8 Å². The highest BCUT2D eigenvalue weighted by atomic mass is 32.1. The van der Waals surface area contributed by atoms with Gasteiger partial charge in [-0.1, -0.05) is 0 Å². The Morgan fingerprint density at radius 3 is 2.50 bits per heavy atom. The van der Waals surface area contributed by atoms with E-state index in [1.165, 1.54) is 13.0 Å². The number of halogens is 2. The first-order valence-electron chi connectivity index (χ1n) is 5.08. The largest absolute Gasteiger partial charge is 0.344 e. The third-order valence-electron chi connectivity index (χ3n) is 2.06. The average molecular weight is 274 g/mol. The van der Waals surface area contributed by atoms with Gasteiger partial charge in [0.25, 0.3) is 0 Å². The van der Waals surface area contributed by atoms with Crippen molar-refractivity contribution in [2.24, 2.45) is 0 Å². The van der Waals surface area contributed by atoms with E-state index in [4.69, 9.17) is 0 Å². The van der Waals surface area contributed by atoms with Crippen molar-refractivity contribution in [1.29, 1.82) is 0 Å². The molecule has 0 bridgehead atoms. The van der Waals surface area contributed by atoms with Gasteiger partial charge in [0.1, 0.15) is 6.04 Å². The van der Waals surface area contributed by atoms with E-state index in [-0.39, 0.29) is 17.3 Å². The molecule has 0 aliphatic carbocycles. The van der Waals surface area contributed by atoms with Crippen LogP contribution in [0.5, 0.6) is 0 Å². The quantitative estimate of drug-likeness (QED) is 0.726. The minimum absolute atomic E-state index is 0.0924. The zero-order valence-corrected chi connectivity index (χ0v) is 10.4. The summed E-state index contributed by atoms with van der Waals surface area (Å²) in [6, 6.07) is 2.15. The lowest BCUT2D eigenvalue weighted by Crippen LogP contribution is -2.44. The Labute approximate surface area is 108 Å². The lowest BCUT2D eigenvalue weighted by atomic mass is 10.2. The smallest absolute Gasteiger partial charge is 0.247 e. The standard InChI is InChI=1S/C11H12F2N2O2S/c1-6(16)14-10(5-18)11(17)15-7-2-3-8(12)9(13)4-7/h2-4,10,18H,5H2,1H3,(H,14,16)(H,15,17). The molecule has 0 heterocycles. The number of rotatable bonds is 4. The number of nitrogens with one attached hydrogen (secondary N) is 2. The van der Waals surface area contributed by atoms with Crippen LogP contribution >= 0.6 is 12.6 Å². The van der Waals surface area contributed by atoms with Gasteiger partial charge in [-0.05, 0) is 12.1 Å². The minimum Gasteiger partial charge on any atom is -0.344 e. The molecule has 1 atom stereocenters. The number of anilines is 1. The number of amides is 2. The van der Waals surface area contributed by atoms with Crippen molar-refractivity contribution in [1.82, 2.24) is 5.32 Å². The molecule has 0 aromatic heterocycles. The summed E-state index contributed by atoms with van der Waals surface area (Å²) in [5, 5.41) is 4.74. The zero-order chi connectivity index (χ0) is 13.7. The van der Waals surface area contributed by atoms with Gasteiger partial charge in [0.05, 0.1) is 0 Å². The van der Waals surface area contributed by atoms with Crippen molar-refractivity contribution < 1.29 is 18.4 Å². The molecule has 0 spiro atoms. The van der Waals surface area contributed by atoms with Crippen LogP contribution in [0.4, 0.5) is 14.5 Å². The van der Waals surface area contributed by atoms with Crippen LogP contribution in [0, 0.1) is 11.6 Å². The number of hydrogen-bond acceptors (Lipinski definition) is 3. The Balaban J connectivity index is 2.73. The molecule has 98 valence electrons. The predicted octanol–water partition coefficient (Wildman–Crippen LogP) is 1.34. The van der Waals surface area contributed by atoms with E-state index in [9.17, 15) is 18.4 Å². The molecule has 1 aromatic carbocycles. The molecule has 18 heavy (non-hydrogen) atoms. The summed E-state index contributed by atoms with van der Waals surface area (Å²) in [7, 11) is 0. The van der Waals surface area contributed by atoms with Crippen LogP contribution < -0.4 is 10.6 Å². The Morgan fingerprint density at radius 2 is 2.00 bits per heavy atom. The first-order valence-corrected chi connectivity index (χ1v) is 5.71. The van der Waals surface area contributed by atoms with E-state index in [2.05, 4.69) is 23.3 Å². The first kappa shape index (κ1) is 14.4. The molecule has 1 unspecified atom stereocenters. The fraction of sp³-hybridized carbons (Fsp3) is 0.273. The summed E-state index contributed by atoms with van der Waals surface area (Å²) in [6.45, 7) is 1.27. The number of carbonyl (C=O) groups is 2. The Kier molecular flexibility index (Phi) is 5.08. The van der Waals surface area contributed by atoms with Crippen molar-refractivity contribution in [2.75, 3.05) is 11.1 Å². The lowest BCUT2D eigenvalue weighted by Gasteiger charge is -2.15. The van der Waals surface area contributed by atoms with Crippen molar-refractivity contribution >= 4 is 30.1 Å². The van der Waals surface area contributed by atoms with Gasteiger partial charge in [-0.25, -0.2) is 8.78 Å². The topological polar surface area (TPSA) is 58.2 Å². The van der Waals surface area contributed by atoms with Crippen LogP contribution in [0.15, 0.2) is 18.2 Å². The molecule has 0 saturated carbocycles. The molecule has 1 aromatic rings. The fourth-order valence-corrected chi connectivity index (χ4v) is 1.50. The van der Waals surface area contributed by atoms with Crippen LogP contribution in [0.1, 0.15) is 6.92 Å². The number of thiol groups is 1. The summed E-state index contributed by atoms with van der Waals surface area (Å²) >= 11 is 3.92. The van der Waals surface area contributed by atoms with Gasteiger partial charge in [-0.3, -0.25) is 9.59 Å². The second-order valence-corrected chi connectivity index (χ2v) is 3.92. The van der Waals surface area contributed by atoms with Gasteiger partial charge in [0.15, 0.2) is 11.6 Å². The fourth-order valence-electron chi connectivity index (χ4n) is 1.24. The van der Waals surface area contributed by atoms with Gasteiger partial charge in [0.2, 0.25) is 11.8 Å². The van der Waals surface area contributed by atoms with Gasteiger partial charge >= 0.3 is 0 Å². The zero-order valence-electron chi connectivity index (χ0n) is 9.54. The minimum atomic E-state index is -1.06. The molecule has 0 saturated heterocycles. The highest BCUT2D eigenvalue weighted by Crippen LogP contribution is 2.13. The predicted molar refractivity (Wildman–Crippen MR) is 66.4 cm³/mol. The maximum atomic E-state index is 12.9. The van der Waals surface area contributed by atoms with E-state index in [0.29, 0.717) is 0 Å². The molecule has 0 aliphatic heterocycles. The molecule has 0 fully saturated rings. The number of carbonyl (C=O) groups excluding carboxylic acids is 2. The first-order chi connectivity index (χ1) is 8.43. The lowest BCUT2D eigenvalue weighted by molar-refractivity contribution is -0.124. The van der Waals surface area contributed by atoms with Crippen molar-refractivity contribution in [3.8, 4) is 0 Å². The Morgan fingerprint density at radius 1 is 1.33 bits per heavy atom. The van der Waals surface area contributed by atoms with Crippen LogP contribution in [0.2, 0.25) is 0 Å². The van der Waals surface area contributed by atoms with E-state index in [1.807, 2.05) is 0 Å². The van der Waals surface area contributed by atoms with E-state index < -0.39 is 23.6 Å². The van der Waals surface area contributed by atoms with Crippen molar-refractivity contribution in [2.45, 2.75) is 13.0 Å². The van der Waals surface area contributed by atoms with Gasteiger partial charge < -0.3 is 10.6 Å². The second kappa shape index (κ2) is 6.34. The van der Waals surface area contributed by atoms with Crippen LogP contribution in [-0.2, 0) is 9.59 Å². The highest BCUT2D eigenvalue weighted by molar-refractivity contribution is 7.80. The number of benzene rings is 1. The molecular formula is C11H12F2N2O2S. The van der Waals surface area contributed by atoms with E-state index >= 15 is 0 Å². The maximum absolute atomic E-state index is 12.9. The van der Waals surface area contributed by atoms with Crippen LogP contribution in [0.3, 0.4) is 0 Å². The Hall–Kier alpha value is -1.63. The molecule has 0 aliphatic rings. The normalized spacial score (nSPS) is 11.8. The summed E-state index contributed by atoms with van der Waals surface area (Å²) in [5.41, 5.74) is 0.107. The average Bonchev–Trinajstić information content (AvgIpc) is 2.30. The molecule has 7 heteroatoms. The van der Waals surface area contributed by atoms with Gasteiger partial charge in [-0.15, -0.1) is 0 Å². The van der Waals surface area contributed by atoms with Crippen molar-refractivity contribution in [3.63, 3.8) is 0 Å². The van der Waals surface area contributed by atoms with Gasteiger partial charge in [0, 0.05) is 24.4 Å². The molecule has 4 nitrogen and oxygen atoms in total. The van der Waals surface area contributed by atoms with Crippen LogP contribution in [0.25, 0.3) is 0 Å². The van der Waals surface area contributed by atoms with E-state index in [1.54, 1.807) is 0 Å². The molecule has 0 radical (unpaired) electrons. The number of hydrogen-bond donors (Lipinski definition) is 3. The summed E-state index contributed by atoms with van der Waals surface area (Å²) in [5.74, 6) is -2.90. The van der Waals surface area contributed by atoms with Crippen LogP contribution in [-0.4, -0.2) is 23.6 Å². The summed E-state index contributed by atoms with van der Waals surface area (Å²) in [6.07, 6.45) is 0. The third-order valence-corrected chi connectivity index (χ3v) is 2.43. The third kappa shape index (κ3) is 3.99. The SMILES string of the molecule is CC(=O)NC(CS)C(=O)Nc1ccc(F)c(F)c1. The second-order valence-electron chi connectivity index (χ2n) is 3.55. The summed E-state index contributed by atoms with van der Waals surface area (Å²) in [4.78, 5) is 22.5. The highest BCUT2D eigenvalue weighted by Gasteiger charge is 2.18. The molecular weight excluding hydrogens is 262 g/mol. The Bertz CT molecular complexity index is 468. The molecule has 2 amide bonds. The monoisotopic (exact) mass is 274 g/mol.